The molecule has 1 atom stereocenters. The Hall–Kier alpha value is 0.440. The number of ether oxygens (including phenoxy) is 1. The van der Waals surface area contributed by atoms with Crippen molar-refractivity contribution < 1.29 is 4.74 Å². The molecule has 11 heavy (non-hydrogen) atoms. The predicted molar refractivity (Wildman–Crippen MR) is 53.3 cm³/mol. The van der Waals surface area contributed by atoms with E-state index >= 15 is 0 Å². The van der Waals surface area contributed by atoms with Gasteiger partial charge in [-0.3, -0.25) is 0 Å². The minimum absolute atomic E-state index is 0.267. The lowest BCUT2D eigenvalue weighted by molar-refractivity contribution is 0.0190. The van der Waals surface area contributed by atoms with Gasteiger partial charge in [-0.05, 0) is 18.8 Å². The molecule has 0 aliphatic rings. The summed E-state index contributed by atoms with van der Waals surface area (Å²) >= 11 is 3.46. The molecule has 0 aliphatic heterocycles. The lowest BCUT2D eigenvalue weighted by atomic mass is 9.98. The van der Waals surface area contributed by atoms with Crippen LogP contribution in [0.5, 0.6) is 0 Å². The summed E-state index contributed by atoms with van der Waals surface area (Å²) in [5, 5.41) is 0.996. The zero-order valence-corrected chi connectivity index (χ0v) is 9.57. The van der Waals surface area contributed by atoms with Crippen molar-refractivity contribution in [2.24, 2.45) is 5.41 Å². The average Bonchev–Trinajstić information content (AvgIpc) is 2.00. The van der Waals surface area contributed by atoms with E-state index in [1.54, 1.807) is 0 Å². The van der Waals surface area contributed by atoms with Crippen molar-refractivity contribution in [3.63, 3.8) is 0 Å². The number of hydrogen-bond acceptors (Lipinski definition) is 1. The first-order valence-electron chi connectivity index (χ1n) is 4.19. The Kier molecular flexibility index (Phi) is 5.36. The number of hydrogen-bond donors (Lipinski definition) is 0. The van der Waals surface area contributed by atoms with Crippen molar-refractivity contribution >= 4 is 15.9 Å². The van der Waals surface area contributed by atoms with E-state index in [4.69, 9.17) is 4.74 Å². The Morgan fingerprint density at radius 1 is 1.45 bits per heavy atom. The molecule has 0 spiro atoms. The molecule has 0 aliphatic carbocycles. The Bertz CT molecular complexity index is 102. The van der Waals surface area contributed by atoms with Crippen LogP contribution in [0.3, 0.4) is 0 Å². The summed E-state index contributed by atoms with van der Waals surface area (Å²) < 4.78 is 5.62. The van der Waals surface area contributed by atoms with Gasteiger partial charge in [0.15, 0.2) is 0 Å². The maximum absolute atomic E-state index is 5.62. The first kappa shape index (κ1) is 11.4. The van der Waals surface area contributed by atoms with E-state index < -0.39 is 0 Å². The first-order chi connectivity index (χ1) is 5.02. The molecule has 0 aromatic rings. The molecule has 0 aromatic heterocycles. The topological polar surface area (TPSA) is 9.23 Å². The van der Waals surface area contributed by atoms with Crippen molar-refractivity contribution in [2.75, 3.05) is 11.9 Å². The van der Waals surface area contributed by atoms with Crippen LogP contribution in [0.1, 0.15) is 34.1 Å². The van der Waals surface area contributed by atoms with E-state index in [0.29, 0.717) is 6.10 Å². The molecule has 0 saturated heterocycles. The van der Waals surface area contributed by atoms with Crippen LogP contribution < -0.4 is 0 Å². The molecule has 0 amide bonds. The van der Waals surface area contributed by atoms with Crippen molar-refractivity contribution in [1.82, 2.24) is 0 Å². The SMILES string of the molecule is CCC(C)OCC(C)(C)CBr. The van der Waals surface area contributed by atoms with Crippen LogP contribution in [0.2, 0.25) is 0 Å². The minimum Gasteiger partial charge on any atom is -0.378 e. The van der Waals surface area contributed by atoms with Gasteiger partial charge in [0.1, 0.15) is 0 Å². The Morgan fingerprint density at radius 2 is 2.00 bits per heavy atom. The molecular formula is C9H19BrO. The average molecular weight is 223 g/mol. The predicted octanol–water partition coefficient (Wildman–Crippen LogP) is 3.22. The third-order valence-electron chi connectivity index (χ3n) is 1.70. The molecule has 68 valence electrons. The normalized spacial score (nSPS) is 15.0. The van der Waals surface area contributed by atoms with Gasteiger partial charge in [-0.1, -0.05) is 36.7 Å². The van der Waals surface area contributed by atoms with Crippen LogP contribution in [-0.2, 0) is 4.74 Å². The summed E-state index contributed by atoms with van der Waals surface area (Å²) in [4.78, 5) is 0. The molecule has 0 N–H and O–H groups in total. The van der Waals surface area contributed by atoms with E-state index in [-0.39, 0.29) is 5.41 Å². The van der Waals surface area contributed by atoms with Gasteiger partial charge in [-0.15, -0.1) is 0 Å². The maximum atomic E-state index is 5.62. The molecule has 0 radical (unpaired) electrons. The highest BCUT2D eigenvalue weighted by Gasteiger charge is 2.16. The molecule has 0 aromatic carbocycles. The van der Waals surface area contributed by atoms with Gasteiger partial charge < -0.3 is 4.74 Å². The summed E-state index contributed by atoms with van der Waals surface area (Å²) in [5.74, 6) is 0. The van der Waals surface area contributed by atoms with Crippen LogP contribution >= 0.6 is 15.9 Å². The quantitative estimate of drug-likeness (QED) is 0.650. The number of halogens is 1. The van der Waals surface area contributed by atoms with Crippen molar-refractivity contribution in [1.29, 1.82) is 0 Å². The molecular weight excluding hydrogens is 204 g/mol. The smallest absolute Gasteiger partial charge is 0.0544 e. The fraction of sp³-hybridized carbons (Fsp3) is 1.00. The third-order valence-corrected chi connectivity index (χ3v) is 3.21. The molecule has 2 heteroatoms. The highest BCUT2D eigenvalue weighted by atomic mass is 79.9. The monoisotopic (exact) mass is 222 g/mol. The van der Waals surface area contributed by atoms with Crippen LogP contribution in [0.25, 0.3) is 0 Å². The van der Waals surface area contributed by atoms with Crippen LogP contribution in [0, 0.1) is 5.41 Å². The summed E-state index contributed by atoms with van der Waals surface area (Å²) in [5.41, 5.74) is 0.267. The lowest BCUT2D eigenvalue weighted by Gasteiger charge is -2.23. The number of rotatable bonds is 5. The van der Waals surface area contributed by atoms with Gasteiger partial charge in [-0.25, -0.2) is 0 Å². The summed E-state index contributed by atoms with van der Waals surface area (Å²) in [6, 6.07) is 0. The van der Waals surface area contributed by atoms with Crippen molar-refractivity contribution in [2.45, 2.75) is 40.2 Å². The molecule has 0 fully saturated rings. The zero-order chi connectivity index (χ0) is 8.91. The molecule has 1 nitrogen and oxygen atoms in total. The van der Waals surface area contributed by atoms with Crippen LogP contribution in [0.15, 0.2) is 0 Å². The molecule has 0 bridgehead atoms. The molecule has 1 unspecified atom stereocenters. The maximum Gasteiger partial charge on any atom is 0.0544 e. The minimum atomic E-state index is 0.267. The van der Waals surface area contributed by atoms with Gasteiger partial charge in [0.2, 0.25) is 0 Å². The second-order valence-corrected chi connectivity index (χ2v) is 4.39. The summed E-state index contributed by atoms with van der Waals surface area (Å²) in [6.07, 6.45) is 1.49. The second kappa shape index (κ2) is 5.15. The third kappa shape index (κ3) is 5.68. The standard InChI is InChI=1S/C9H19BrO/c1-5-8(2)11-7-9(3,4)6-10/h8H,5-7H2,1-4H3. The van der Waals surface area contributed by atoms with E-state index in [1.165, 1.54) is 0 Å². The largest absolute Gasteiger partial charge is 0.378 e. The fourth-order valence-corrected chi connectivity index (χ4v) is 0.686. The van der Waals surface area contributed by atoms with Crippen LogP contribution in [-0.4, -0.2) is 18.0 Å². The van der Waals surface area contributed by atoms with E-state index in [1.807, 2.05) is 0 Å². The van der Waals surface area contributed by atoms with E-state index in [9.17, 15) is 0 Å². The first-order valence-corrected chi connectivity index (χ1v) is 5.31. The molecule has 0 heterocycles. The Balaban J connectivity index is 3.52. The fourth-order valence-electron chi connectivity index (χ4n) is 0.524. The van der Waals surface area contributed by atoms with Gasteiger partial charge in [0, 0.05) is 5.33 Å². The highest BCUT2D eigenvalue weighted by molar-refractivity contribution is 9.09. The van der Waals surface area contributed by atoms with E-state index in [0.717, 1.165) is 18.4 Å². The van der Waals surface area contributed by atoms with Gasteiger partial charge >= 0.3 is 0 Å². The van der Waals surface area contributed by atoms with Gasteiger partial charge in [0.25, 0.3) is 0 Å². The van der Waals surface area contributed by atoms with Gasteiger partial charge in [0.05, 0.1) is 12.7 Å². The molecule has 0 saturated carbocycles. The molecule has 0 rings (SSSR count). The summed E-state index contributed by atoms with van der Waals surface area (Å²) in [6.45, 7) is 9.50. The van der Waals surface area contributed by atoms with Gasteiger partial charge in [-0.2, -0.15) is 0 Å². The highest BCUT2D eigenvalue weighted by Crippen LogP contribution is 2.19. The van der Waals surface area contributed by atoms with Crippen molar-refractivity contribution in [3.8, 4) is 0 Å². The second-order valence-electron chi connectivity index (χ2n) is 3.83. The van der Waals surface area contributed by atoms with E-state index in [2.05, 4.69) is 43.6 Å². The number of alkyl halides is 1. The van der Waals surface area contributed by atoms with Crippen molar-refractivity contribution in [3.05, 3.63) is 0 Å². The lowest BCUT2D eigenvalue weighted by Crippen LogP contribution is -2.23. The van der Waals surface area contributed by atoms with Crippen LogP contribution in [0.4, 0.5) is 0 Å². The summed E-state index contributed by atoms with van der Waals surface area (Å²) in [7, 11) is 0. The Labute approximate surface area is 78.6 Å². The Morgan fingerprint density at radius 3 is 2.36 bits per heavy atom. The zero-order valence-electron chi connectivity index (χ0n) is 7.98.